The molecule has 4 aromatic rings. The van der Waals surface area contributed by atoms with Crippen molar-refractivity contribution in [3.05, 3.63) is 102 Å². The highest BCUT2D eigenvalue weighted by molar-refractivity contribution is 7.87. The van der Waals surface area contributed by atoms with E-state index in [-0.39, 0.29) is 55.2 Å². The number of benzene rings is 3. The van der Waals surface area contributed by atoms with Gasteiger partial charge in [0.2, 0.25) is 10.9 Å². The van der Waals surface area contributed by atoms with Gasteiger partial charge in [-0.05, 0) is 74.2 Å². The second-order valence-electron chi connectivity index (χ2n) is 12.5. The zero-order valence-electron chi connectivity index (χ0n) is 27.1. The number of hydrogen-bond donors (Lipinski definition) is 0. The summed E-state index contributed by atoms with van der Waals surface area (Å²) in [5.74, 6) is -0.974. The van der Waals surface area contributed by atoms with Gasteiger partial charge in [-0.1, -0.05) is 36.4 Å². The fraction of sp³-hybridized carbons (Fsp3) is 0.314. The van der Waals surface area contributed by atoms with Gasteiger partial charge in [0.15, 0.2) is 0 Å². The van der Waals surface area contributed by atoms with E-state index in [0.29, 0.717) is 21.9 Å². The summed E-state index contributed by atoms with van der Waals surface area (Å²) in [5.41, 5.74) is 0.198. The van der Waals surface area contributed by atoms with Crippen LogP contribution in [-0.2, 0) is 26.1 Å². The van der Waals surface area contributed by atoms with E-state index in [1.807, 2.05) is 0 Å². The second kappa shape index (κ2) is 14.0. The molecule has 13 heteroatoms. The number of pyridine rings is 1. The van der Waals surface area contributed by atoms with E-state index in [1.165, 1.54) is 54.5 Å². The first-order valence-electron chi connectivity index (χ1n) is 15.4. The molecule has 1 aromatic heterocycles. The minimum atomic E-state index is -4.26. The van der Waals surface area contributed by atoms with Crippen LogP contribution in [0.3, 0.4) is 0 Å². The Kier molecular flexibility index (Phi) is 9.99. The maximum atomic E-state index is 13.9. The van der Waals surface area contributed by atoms with Crippen LogP contribution in [0.2, 0.25) is 0 Å². The van der Waals surface area contributed by atoms with Crippen molar-refractivity contribution in [2.75, 3.05) is 33.2 Å². The SMILES string of the molecule is CN(C(=O)OC(C)(C)C)[C@@H](Cc1ccc(OS(=O)(=O)c2nccc3ccccc23)cc1)C(=O)N1CCN(C(=O)c2ccc(F)cc2)CC1. The van der Waals surface area contributed by atoms with Crippen molar-refractivity contribution in [2.45, 2.75) is 43.9 Å². The van der Waals surface area contributed by atoms with Crippen LogP contribution in [0.5, 0.6) is 5.75 Å². The molecule has 0 radical (unpaired) electrons. The van der Waals surface area contributed by atoms with Crippen LogP contribution >= 0.6 is 0 Å². The summed E-state index contributed by atoms with van der Waals surface area (Å²) in [5, 5.41) is 0.938. The lowest BCUT2D eigenvalue weighted by Crippen LogP contribution is -2.57. The van der Waals surface area contributed by atoms with Crippen LogP contribution in [0.4, 0.5) is 9.18 Å². The fourth-order valence-electron chi connectivity index (χ4n) is 5.33. The van der Waals surface area contributed by atoms with Gasteiger partial charge in [0.25, 0.3) is 5.91 Å². The Morgan fingerprint density at radius 3 is 2.17 bits per heavy atom. The molecule has 0 unspecified atom stereocenters. The van der Waals surface area contributed by atoms with E-state index in [0.717, 1.165) is 0 Å². The predicted octanol–water partition coefficient (Wildman–Crippen LogP) is 4.90. The molecule has 0 aliphatic carbocycles. The summed E-state index contributed by atoms with van der Waals surface area (Å²) in [6, 6.07) is 19.2. The average molecular weight is 677 g/mol. The summed E-state index contributed by atoms with van der Waals surface area (Å²) in [4.78, 5) is 48.5. The summed E-state index contributed by atoms with van der Waals surface area (Å²) in [6.45, 7) is 6.18. The Morgan fingerprint density at radius 2 is 1.52 bits per heavy atom. The third kappa shape index (κ3) is 8.08. The first-order chi connectivity index (χ1) is 22.7. The van der Waals surface area contributed by atoms with Crippen LogP contribution in [0, 0.1) is 5.82 Å². The first-order valence-corrected chi connectivity index (χ1v) is 16.8. The van der Waals surface area contributed by atoms with Crippen LogP contribution in [0.25, 0.3) is 10.8 Å². The van der Waals surface area contributed by atoms with Gasteiger partial charge in [-0.3, -0.25) is 14.5 Å². The molecule has 5 rings (SSSR count). The number of likely N-dealkylation sites (N-methyl/N-ethyl adjacent to an activating group) is 1. The number of carbonyl (C=O) groups excluding carboxylic acids is 3. The Morgan fingerprint density at radius 1 is 0.896 bits per heavy atom. The van der Waals surface area contributed by atoms with Gasteiger partial charge >= 0.3 is 16.2 Å². The lowest BCUT2D eigenvalue weighted by Gasteiger charge is -2.38. The van der Waals surface area contributed by atoms with Crippen LogP contribution in [0.1, 0.15) is 36.7 Å². The number of halogens is 1. The largest absolute Gasteiger partial charge is 0.444 e. The maximum absolute atomic E-state index is 13.9. The minimum absolute atomic E-state index is 0.0544. The van der Waals surface area contributed by atoms with E-state index in [2.05, 4.69) is 4.98 Å². The Bertz CT molecular complexity index is 1900. The highest BCUT2D eigenvalue weighted by Crippen LogP contribution is 2.25. The normalized spacial score (nSPS) is 14.4. The molecule has 2 heterocycles. The van der Waals surface area contributed by atoms with Gasteiger partial charge in [0.1, 0.15) is 23.2 Å². The Balaban J connectivity index is 1.30. The molecule has 1 atom stereocenters. The molecule has 0 spiro atoms. The maximum Gasteiger partial charge on any atom is 0.410 e. The van der Waals surface area contributed by atoms with Gasteiger partial charge in [0.05, 0.1) is 0 Å². The highest BCUT2D eigenvalue weighted by atomic mass is 32.2. The molecule has 1 fully saturated rings. The van der Waals surface area contributed by atoms with Crippen molar-refractivity contribution in [1.82, 2.24) is 19.7 Å². The third-order valence-electron chi connectivity index (χ3n) is 7.84. The van der Waals surface area contributed by atoms with E-state index in [1.54, 1.807) is 73.0 Å². The number of hydrogen-bond acceptors (Lipinski definition) is 8. The molecule has 0 bridgehead atoms. The highest BCUT2D eigenvalue weighted by Gasteiger charge is 2.35. The van der Waals surface area contributed by atoms with Crippen molar-refractivity contribution in [3.8, 4) is 5.75 Å². The molecule has 1 aliphatic rings. The molecule has 1 saturated heterocycles. The number of rotatable bonds is 8. The second-order valence-corrected chi connectivity index (χ2v) is 13.9. The molecule has 0 saturated carbocycles. The molecule has 3 amide bonds. The standard InChI is InChI=1S/C35H37FN4O7S/c1-35(2,3)46-34(43)38(4)30(33(42)40-21-19-39(20-22-40)32(41)26-11-13-27(36)14-12-26)23-24-9-15-28(16-10-24)47-48(44,45)31-29-8-6-5-7-25(29)17-18-37-31/h5-18,30H,19-23H2,1-4H3/t30-/m0/s1. The molecular formula is C35H37FN4O7S. The van der Waals surface area contributed by atoms with Crippen LogP contribution in [-0.4, -0.2) is 90.9 Å². The van der Waals surface area contributed by atoms with E-state index < -0.39 is 33.7 Å². The van der Waals surface area contributed by atoms with Crippen molar-refractivity contribution < 1.29 is 36.1 Å². The zero-order chi connectivity index (χ0) is 34.6. The average Bonchev–Trinajstić information content (AvgIpc) is 3.06. The summed E-state index contributed by atoms with van der Waals surface area (Å²) in [6.07, 6.45) is 0.824. The number of carbonyl (C=O) groups is 3. The molecule has 1 aliphatic heterocycles. The Hall–Kier alpha value is -5.04. The summed E-state index contributed by atoms with van der Waals surface area (Å²) >= 11 is 0. The predicted molar refractivity (Wildman–Crippen MR) is 176 cm³/mol. The molecular weight excluding hydrogens is 639 g/mol. The summed E-state index contributed by atoms with van der Waals surface area (Å²) in [7, 11) is -2.77. The van der Waals surface area contributed by atoms with Gasteiger partial charge in [0, 0.05) is 56.8 Å². The quantitative estimate of drug-likeness (QED) is 0.241. The monoisotopic (exact) mass is 676 g/mol. The topological polar surface area (TPSA) is 126 Å². The minimum Gasteiger partial charge on any atom is -0.444 e. The van der Waals surface area contributed by atoms with E-state index >= 15 is 0 Å². The first kappa shape index (κ1) is 34.3. The third-order valence-corrected chi connectivity index (χ3v) is 9.05. The van der Waals surface area contributed by atoms with Gasteiger partial charge < -0.3 is 18.7 Å². The molecule has 3 aromatic carbocycles. The molecule has 48 heavy (non-hydrogen) atoms. The number of fused-ring (bicyclic) bond motifs is 1. The lowest BCUT2D eigenvalue weighted by molar-refractivity contribution is -0.138. The molecule has 0 N–H and O–H groups in total. The Labute approximate surface area is 279 Å². The van der Waals surface area contributed by atoms with Gasteiger partial charge in [-0.25, -0.2) is 14.2 Å². The smallest absolute Gasteiger partial charge is 0.410 e. The molecule has 11 nitrogen and oxygen atoms in total. The van der Waals surface area contributed by atoms with Crippen molar-refractivity contribution >= 4 is 38.8 Å². The lowest BCUT2D eigenvalue weighted by atomic mass is 10.0. The van der Waals surface area contributed by atoms with E-state index in [9.17, 15) is 27.2 Å². The van der Waals surface area contributed by atoms with Crippen molar-refractivity contribution in [2.24, 2.45) is 0 Å². The fourth-order valence-corrected chi connectivity index (χ4v) is 6.42. The molecule has 252 valence electrons. The van der Waals surface area contributed by atoms with Gasteiger partial charge in [-0.15, -0.1) is 0 Å². The zero-order valence-corrected chi connectivity index (χ0v) is 27.9. The number of nitrogens with zero attached hydrogens (tertiary/aromatic N) is 4. The van der Waals surface area contributed by atoms with Gasteiger partial charge in [-0.2, -0.15) is 8.42 Å². The van der Waals surface area contributed by atoms with Crippen LogP contribution < -0.4 is 4.18 Å². The van der Waals surface area contributed by atoms with E-state index in [4.69, 9.17) is 8.92 Å². The number of piperazine rings is 1. The number of aromatic nitrogens is 1. The number of amides is 3. The van der Waals surface area contributed by atoms with Crippen LogP contribution in [0.15, 0.2) is 90.1 Å². The van der Waals surface area contributed by atoms with Crippen molar-refractivity contribution in [1.29, 1.82) is 0 Å². The number of ether oxygens (including phenoxy) is 1. The summed E-state index contributed by atoms with van der Waals surface area (Å²) < 4.78 is 50.6. The van der Waals surface area contributed by atoms with Crippen molar-refractivity contribution in [3.63, 3.8) is 0 Å².